The van der Waals surface area contributed by atoms with Gasteiger partial charge in [-0.15, -0.1) is 0 Å². The number of carbonyl (C=O) groups excluding carboxylic acids is 4. The molecule has 51 heavy (non-hydrogen) atoms. The van der Waals surface area contributed by atoms with Crippen molar-refractivity contribution in [1.29, 1.82) is 0 Å². The van der Waals surface area contributed by atoms with Crippen molar-refractivity contribution >= 4 is 45.5 Å². The topological polar surface area (TPSA) is 176 Å². The van der Waals surface area contributed by atoms with Crippen LogP contribution in [0.1, 0.15) is 57.8 Å². The van der Waals surface area contributed by atoms with Crippen molar-refractivity contribution < 1.29 is 37.9 Å². The van der Waals surface area contributed by atoms with E-state index in [4.69, 9.17) is 5.73 Å². The van der Waals surface area contributed by atoms with Crippen LogP contribution >= 0.6 is 15.9 Å². The molecule has 15 heteroatoms. The quantitative estimate of drug-likeness (QED) is 0.130. The number of carboxylic acid groups (broad SMARTS) is 1. The maximum absolute atomic E-state index is 15.0. The van der Waals surface area contributed by atoms with Gasteiger partial charge in [-0.05, 0) is 41.7 Å². The number of carbonyl (C=O) groups is 5. The van der Waals surface area contributed by atoms with Crippen molar-refractivity contribution in [1.82, 2.24) is 25.4 Å². The number of alkyl halides is 1. The van der Waals surface area contributed by atoms with Crippen LogP contribution in [0.5, 0.6) is 0 Å². The summed E-state index contributed by atoms with van der Waals surface area (Å²) in [4.78, 5) is 63.2. The molecule has 12 nitrogen and oxygen atoms in total. The highest BCUT2D eigenvalue weighted by Crippen LogP contribution is 2.41. The first-order chi connectivity index (χ1) is 24.0. The minimum atomic E-state index is -1.49. The summed E-state index contributed by atoms with van der Waals surface area (Å²) in [6.45, 7) is 7.19. The molecule has 4 amide bonds. The fourth-order valence-corrected chi connectivity index (χ4v) is 5.83. The van der Waals surface area contributed by atoms with E-state index in [0.29, 0.717) is 17.8 Å². The number of carboxylic acids is 1. The first-order valence-corrected chi connectivity index (χ1v) is 17.5. The summed E-state index contributed by atoms with van der Waals surface area (Å²) in [5.74, 6) is -4.57. The summed E-state index contributed by atoms with van der Waals surface area (Å²) in [5, 5.41) is 17.0. The zero-order chi connectivity index (χ0) is 37.9. The summed E-state index contributed by atoms with van der Waals surface area (Å²) >= 11 is 2.99. The summed E-state index contributed by atoms with van der Waals surface area (Å²) < 4.78 is 31.1. The third-order valence-electron chi connectivity index (χ3n) is 8.11. The number of amides is 4. The number of benzene rings is 2. The standard InChI is InChI=1S/C36H45BrF2N6O6/c1-22(46)45(15-13-28(40)34(49)43-29(35(50)51)19-42-31(47)12-14-41-32(48)18-37)33(36(2,3)4)30-16-24(26-17-25(38)10-11-27(26)39)21-44(30)20-23-8-6-5-7-9-23/h5-11,16-17,21,28-29,33H,12-15,18-20,40H2,1-4H3,(H,41,48)(H,42,47)(H,43,49)(H,50,51)/t28-,29+,33-/m0/s1. The Bertz CT molecular complexity index is 1700. The van der Waals surface area contributed by atoms with Crippen LogP contribution in [-0.4, -0.2) is 81.2 Å². The van der Waals surface area contributed by atoms with Gasteiger partial charge in [0.2, 0.25) is 23.6 Å². The number of aromatic nitrogens is 1. The maximum Gasteiger partial charge on any atom is 0.328 e. The molecule has 0 bridgehead atoms. The van der Waals surface area contributed by atoms with Crippen LogP contribution in [0.2, 0.25) is 0 Å². The average Bonchev–Trinajstić information content (AvgIpc) is 3.47. The molecule has 0 aliphatic carbocycles. The molecule has 6 N–H and O–H groups in total. The van der Waals surface area contributed by atoms with Gasteiger partial charge in [0.15, 0.2) is 0 Å². The molecule has 3 aromatic rings. The zero-order valence-electron chi connectivity index (χ0n) is 29.0. The average molecular weight is 776 g/mol. The van der Waals surface area contributed by atoms with E-state index in [0.717, 1.165) is 23.8 Å². The second-order valence-electron chi connectivity index (χ2n) is 13.2. The van der Waals surface area contributed by atoms with Crippen molar-refractivity contribution in [3.05, 3.63) is 83.7 Å². The van der Waals surface area contributed by atoms with Crippen LogP contribution in [0.15, 0.2) is 60.8 Å². The number of hydrogen-bond acceptors (Lipinski definition) is 6. The van der Waals surface area contributed by atoms with E-state index in [2.05, 4.69) is 31.9 Å². The number of aliphatic carboxylic acids is 1. The lowest BCUT2D eigenvalue weighted by Gasteiger charge is -2.41. The molecule has 0 fully saturated rings. The number of rotatable bonds is 17. The van der Waals surface area contributed by atoms with Gasteiger partial charge in [0.25, 0.3) is 0 Å². The predicted octanol–water partition coefficient (Wildman–Crippen LogP) is 3.72. The molecule has 3 rings (SSSR count). The second-order valence-corrected chi connectivity index (χ2v) is 13.8. The monoisotopic (exact) mass is 774 g/mol. The number of hydrogen-bond donors (Lipinski definition) is 5. The fourth-order valence-electron chi connectivity index (χ4n) is 5.64. The normalized spacial score (nSPS) is 13.1. The van der Waals surface area contributed by atoms with E-state index in [-0.39, 0.29) is 48.6 Å². The minimum Gasteiger partial charge on any atom is -0.480 e. The molecule has 0 radical (unpaired) electrons. The highest BCUT2D eigenvalue weighted by Gasteiger charge is 2.37. The van der Waals surface area contributed by atoms with Gasteiger partial charge in [-0.3, -0.25) is 19.2 Å². The molecule has 0 spiro atoms. The van der Waals surface area contributed by atoms with Crippen molar-refractivity contribution in [2.24, 2.45) is 11.1 Å². The summed E-state index contributed by atoms with van der Waals surface area (Å²) in [5.41, 5.74) is 7.67. The summed E-state index contributed by atoms with van der Waals surface area (Å²) in [6, 6.07) is 11.1. The Morgan fingerprint density at radius 3 is 2.29 bits per heavy atom. The van der Waals surface area contributed by atoms with E-state index in [1.807, 2.05) is 55.7 Å². The minimum absolute atomic E-state index is 0.000622. The van der Waals surface area contributed by atoms with E-state index in [1.165, 1.54) is 6.92 Å². The van der Waals surface area contributed by atoms with Crippen LogP contribution in [0.25, 0.3) is 11.1 Å². The van der Waals surface area contributed by atoms with Crippen LogP contribution in [0.4, 0.5) is 8.78 Å². The smallest absolute Gasteiger partial charge is 0.328 e. The molecule has 2 aromatic carbocycles. The van der Waals surface area contributed by atoms with E-state index >= 15 is 0 Å². The van der Waals surface area contributed by atoms with Crippen molar-refractivity contribution in [2.75, 3.05) is 25.0 Å². The van der Waals surface area contributed by atoms with Gasteiger partial charge in [0, 0.05) is 62.5 Å². The lowest BCUT2D eigenvalue weighted by atomic mass is 9.82. The molecule has 0 aliphatic heterocycles. The Morgan fingerprint density at radius 2 is 1.69 bits per heavy atom. The van der Waals surface area contributed by atoms with Crippen LogP contribution in [0.3, 0.4) is 0 Å². The molecule has 1 aromatic heterocycles. The highest BCUT2D eigenvalue weighted by molar-refractivity contribution is 9.09. The molecule has 0 saturated heterocycles. The first kappa shape index (κ1) is 40.8. The van der Waals surface area contributed by atoms with Crippen LogP contribution in [0, 0.1) is 17.0 Å². The van der Waals surface area contributed by atoms with Gasteiger partial charge in [-0.2, -0.15) is 0 Å². The van der Waals surface area contributed by atoms with Crippen molar-refractivity contribution in [3.8, 4) is 11.1 Å². The summed E-state index contributed by atoms with van der Waals surface area (Å²) in [6.07, 6.45) is 1.58. The van der Waals surface area contributed by atoms with E-state index in [9.17, 15) is 37.9 Å². The lowest BCUT2D eigenvalue weighted by Crippen LogP contribution is -2.53. The largest absolute Gasteiger partial charge is 0.480 e. The number of nitrogens with two attached hydrogens (primary N) is 1. The van der Waals surface area contributed by atoms with E-state index < -0.39 is 59.5 Å². The Balaban J connectivity index is 1.83. The molecular formula is C36H45BrF2N6O6. The molecule has 0 aliphatic rings. The Hall–Kier alpha value is -4.63. The molecular weight excluding hydrogens is 730 g/mol. The van der Waals surface area contributed by atoms with Gasteiger partial charge in [0.1, 0.15) is 17.7 Å². The Labute approximate surface area is 304 Å². The maximum atomic E-state index is 15.0. The molecule has 1 heterocycles. The predicted molar refractivity (Wildman–Crippen MR) is 192 cm³/mol. The third kappa shape index (κ3) is 12.0. The summed E-state index contributed by atoms with van der Waals surface area (Å²) in [7, 11) is 0. The van der Waals surface area contributed by atoms with E-state index in [1.54, 1.807) is 17.2 Å². The van der Waals surface area contributed by atoms with Gasteiger partial charge in [-0.25, -0.2) is 13.6 Å². The molecule has 276 valence electrons. The van der Waals surface area contributed by atoms with Crippen LogP contribution in [-0.2, 0) is 30.5 Å². The third-order valence-corrected chi connectivity index (χ3v) is 8.62. The fraction of sp³-hybridized carbons (Fsp3) is 0.417. The van der Waals surface area contributed by atoms with Gasteiger partial charge in [0.05, 0.1) is 17.4 Å². The first-order valence-electron chi connectivity index (χ1n) is 16.4. The molecule has 0 unspecified atom stereocenters. The zero-order valence-corrected chi connectivity index (χ0v) is 30.6. The number of nitrogens with zero attached hydrogens (tertiary/aromatic N) is 2. The SMILES string of the molecule is CC(=O)N(CC[C@H](N)C(=O)N[C@H](CNC(=O)CCNC(=O)CBr)C(=O)O)[C@@H](c1cc(-c2cc(F)ccc2F)cn1Cc1ccccc1)C(C)(C)C. The van der Waals surface area contributed by atoms with Crippen molar-refractivity contribution in [2.45, 2.75) is 65.2 Å². The number of nitrogens with one attached hydrogen (secondary N) is 3. The van der Waals surface area contributed by atoms with Crippen molar-refractivity contribution in [3.63, 3.8) is 0 Å². The molecule has 0 saturated carbocycles. The highest BCUT2D eigenvalue weighted by atomic mass is 79.9. The van der Waals surface area contributed by atoms with Gasteiger partial charge < -0.3 is 36.3 Å². The lowest BCUT2D eigenvalue weighted by molar-refractivity contribution is -0.142. The van der Waals surface area contributed by atoms with Gasteiger partial charge in [-0.1, -0.05) is 67.0 Å². The van der Waals surface area contributed by atoms with Crippen LogP contribution < -0.4 is 21.7 Å². The van der Waals surface area contributed by atoms with Gasteiger partial charge >= 0.3 is 5.97 Å². The second kappa shape index (κ2) is 18.6. The number of halogens is 3. The molecule has 3 atom stereocenters. The Kier molecular flexibility index (Phi) is 14.8. The Morgan fingerprint density at radius 1 is 1.00 bits per heavy atom.